The highest BCUT2D eigenvalue weighted by molar-refractivity contribution is 5.74. The Morgan fingerprint density at radius 1 is 1.06 bits per heavy atom. The van der Waals surface area contributed by atoms with Crippen LogP contribution in [0, 0.1) is 23.7 Å². The highest BCUT2D eigenvalue weighted by atomic mass is 16.5. The third-order valence-corrected chi connectivity index (χ3v) is 5.50. The molecule has 0 spiro atoms. The van der Waals surface area contributed by atoms with E-state index in [2.05, 4.69) is 6.92 Å². The van der Waals surface area contributed by atoms with Crippen LogP contribution >= 0.6 is 0 Å². The largest absolute Gasteiger partial charge is 0.462 e. The number of esters is 1. The van der Waals surface area contributed by atoms with Crippen molar-refractivity contribution < 1.29 is 9.53 Å². The number of hydrogen-bond donors (Lipinski definition) is 1. The second kappa shape index (κ2) is 4.84. The molecule has 0 radical (unpaired) electrons. The first kappa shape index (κ1) is 12.5. The van der Waals surface area contributed by atoms with Gasteiger partial charge >= 0.3 is 5.97 Å². The lowest BCUT2D eigenvalue weighted by Gasteiger charge is -2.30. The Morgan fingerprint density at radius 2 is 1.72 bits per heavy atom. The SMILES string of the molecule is CC1CCC(OC(=O)C2C3CCC(C3)C2N)CC1. The lowest BCUT2D eigenvalue weighted by atomic mass is 9.84. The maximum absolute atomic E-state index is 12.3. The Bertz CT molecular complexity index is 320. The highest BCUT2D eigenvalue weighted by Gasteiger charge is 2.50. The minimum absolute atomic E-state index is 0.00287. The second-order valence-electron chi connectivity index (χ2n) is 6.76. The molecule has 3 rings (SSSR count). The maximum atomic E-state index is 12.3. The van der Waals surface area contributed by atoms with E-state index in [1.165, 1.54) is 25.7 Å². The summed E-state index contributed by atoms with van der Waals surface area (Å²) >= 11 is 0. The van der Waals surface area contributed by atoms with Crippen LogP contribution in [0.2, 0.25) is 0 Å². The molecule has 3 nitrogen and oxygen atoms in total. The van der Waals surface area contributed by atoms with Crippen LogP contribution in [0.5, 0.6) is 0 Å². The lowest BCUT2D eigenvalue weighted by Crippen LogP contribution is -2.42. The number of carbonyl (C=O) groups is 1. The van der Waals surface area contributed by atoms with E-state index in [4.69, 9.17) is 10.5 Å². The number of ether oxygens (including phenoxy) is 1. The molecule has 3 heteroatoms. The van der Waals surface area contributed by atoms with Gasteiger partial charge < -0.3 is 10.5 Å². The first-order valence-electron chi connectivity index (χ1n) is 7.61. The van der Waals surface area contributed by atoms with Gasteiger partial charge in [-0.25, -0.2) is 0 Å². The van der Waals surface area contributed by atoms with E-state index >= 15 is 0 Å². The van der Waals surface area contributed by atoms with E-state index in [0.29, 0.717) is 11.8 Å². The zero-order valence-corrected chi connectivity index (χ0v) is 11.3. The van der Waals surface area contributed by atoms with Gasteiger partial charge in [-0.05, 0) is 62.7 Å². The van der Waals surface area contributed by atoms with Gasteiger partial charge in [0.15, 0.2) is 0 Å². The van der Waals surface area contributed by atoms with E-state index in [0.717, 1.165) is 25.2 Å². The minimum atomic E-state index is 0.00287. The molecular formula is C15H25NO2. The summed E-state index contributed by atoms with van der Waals surface area (Å²) in [5.41, 5.74) is 6.19. The molecule has 0 aromatic carbocycles. The molecule has 3 aliphatic carbocycles. The van der Waals surface area contributed by atoms with Crippen molar-refractivity contribution in [3.8, 4) is 0 Å². The van der Waals surface area contributed by atoms with E-state index in [-0.39, 0.29) is 24.0 Å². The Kier molecular flexibility index (Phi) is 3.35. The quantitative estimate of drug-likeness (QED) is 0.767. The second-order valence-corrected chi connectivity index (χ2v) is 6.76. The van der Waals surface area contributed by atoms with Gasteiger partial charge in [0.05, 0.1) is 5.92 Å². The Hall–Kier alpha value is -0.570. The van der Waals surface area contributed by atoms with Crippen molar-refractivity contribution in [3.05, 3.63) is 0 Å². The molecular weight excluding hydrogens is 226 g/mol. The first-order valence-corrected chi connectivity index (χ1v) is 7.61. The van der Waals surface area contributed by atoms with Crippen molar-refractivity contribution in [2.24, 2.45) is 29.4 Å². The Morgan fingerprint density at radius 3 is 2.33 bits per heavy atom. The van der Waals surface area contributed by atoms with Crippen molar-refractivity contribution >= 4 is 5.97 Å². The van der Waals surface area contributed by atoms with Gasteiger partial charge in [0.1, 0.15) is 6.10 Å². The summed E-state index contributed by atoms with van der Waals surface area (Å²) in [6.45, 7) is 2.28. The molecule has 0 heterocycles. The molecule has 4 atom stereocenters. The number of fused-ring (bicyclic) bond motifs is 2. The van der Waals surface area contributed by atoms with Crippen LogP contribution < -0.4 is 5.73 Å². The fourth-order valence-electron chi connectivity index (χ4n) is 4.28. The van der Waals surface area contributed by atoms with Crippen molar-refractivity contribution in [1.29, 1.82) is 0 Å². The Labute approximate surface area is 109 Å². The summed E-state index contributed by atoms with van der Waals surface area (Å²) in [6, 6.07) is 0.0683. The average Bonchev–Trinajstić information content (AvgIpc) is 2.92. The van der Waals surface area contributed by atoms with Gasteiger partial charge in [-0.3, -0.25) is 4.79 Å². The molecule has 18 heavy (non-hydrogen) atoms. The molecule has 0 amide bonds. The van der Waals surface area contributed by atoms with Crippen LogP contribution in [0.15, 0.2) is 0 Å². The predicted octanol–water partition coefficient (Wildman–Crippen LogP) is 2.48. The van der Waals surface area contributed by atoms with Crippen molar-refractivity contribution in [3.63, 3.8) is 0 Å². The lowest BCUT2D eigenvalue weighted by molar-refractivity contribution is -0.158. The van der Waals surface area contributed by atoms with Crippen LogP contribution in [0.1, 0.15) is 51.9 Å². The summed E-state index contributed by atoms with van der Waals surface area (Å²) in [6.07, 6.45) is 8.20. The van der Waals surface area contributed by atoms with Gasteiger partial charge in [0.2, 0.25) is 0 Å². The highest BCUT2D eigenvalue weighted by Crippen LogP contribution is 2.48. The van der Waals surface area contributed by atoms with Gasteiger partial charge in [0, 0.05) is 6.04 Å². The van der Waals surface area contributed by atoms with Gasteiger partial charge in [-0.1, -0.05) is 6.92 Å². The van der Waals surface area contributed by atoms with Crippen LogP contribution in [0.25, 0.3) is 0 Å². The van der Waals surface area contributed by atoms with E-state index in [1.54, 1.807) is 0 Å². The minimum Gasteiger partial charge on any atom is -0.462 e. The van der Waals surface area contributed by atoms with Crippen LogP contribution in [-0.4, -0.2) is 18.1 Å². The van der Waals surface area contributed by atoms with E-state index < -0.39 is 0 Å². The average molecular weight is 251 g/mol. The monoisotopic (exact) mass is 251 g/mol. The molecule has 0 aliphatic heterocycles. The molecule has 0 aromatic rings. The number of hydrogen-bond acceptors (Lipinski definition) is 3. The van der Waals surface area contributed by atoms with E-state index in [1.807, 2.05) is 0 Å². The number of rotatable bonds is 2. The van der Waals surface area contributed by atoms with Gasteiger partial charge in [0.25, 0.3) is 0 Å². The molecule has 2 N–H and O–H groups in total. The third-order valence-electron chi connectivity index (χ3n) is 5.50. The van der Waals surface area contributed by atoms with Gasteiger partial charge in [-0.15, -0.1) is 0 Å². The fourth-order valence-corrected chi connectivity index (χ4v) is 4.28. The summed E-state index contributed by atoms with van der Waals surface area (Å²) < 4.78 is 5.73. The molecule has 0 saturated heterocycles. The maximum Gasteiger partial charge on any atom is 0.311 e. The molecule has 3 fully saturated rings. The number of carbonyl (C=O) groups excluding carboxylic acids is 1. The molecule has 102 valence electrons. The van der Waals surface area contributed by atoms with Crippen LogP contribution in [0.4, 0.5) is 0 Å². The fraction of sp³-hybridized carbons (Fsp3) is 0.933. The van der Waals surface area contributed by atoms with E-state index in [9.17, 15) is 4.79 Å². The molecule has 4 unspecified atom stereocenters. The van der Waals surface area contributed by atoms with Gasteiger partial charge in [-0.2, -0.15) is 0 Å². The normalized spacial score (nSPS) is 47.2. The van der Waals surface area contributed by atoms with Crippen molar-refractivity contribution in [2.45, 2.75) is 64.0 Å². The zero-order valence-electron chi connectivity index (χ0n) is 11.3. The summed E-state index contributed by atoms with van der Waals surface area (Å²) in [5, 5.41) is 0. The van der Waals surface area contributed by atoms with Crippen LogP contribution in [-0.2, 0) is 9.53 Å². The molecule has 3 aliphatic rings. The Balaban J connectivity index is 1.55. The topological polar surface area (TPSA) is 52.3 Å². The first-order chi connectivity index (χ1) is 8.65. The summed E-state index contributed by atoms with van der Waals surface area (Å²) in [7, 11) is 0. The van der Waals surface area contributed by atoms with Crippen molar-refractivity contribution in [2.75, 3.05) is 0 Å². The number of nitrogens with two attached hydrogens (primary N) is 1. The van der Waals surface area contributed by atoms with Crippen molar-refractivity contribution in [1.82, 2.24) is 0 Å². The molecule has 0 aromatic heterocycles. The summed E-state index contributed by atoms with van der Waals surface area (Å²) in [4.78, 5) is 12.3. The smallest absolute Gasteiger partial charge is 0.311 e. The summed E-state index contributed by atoms with van der Waals surface area (Å²) in [5.74, 6) is 1.90. The zero-order chi connectivity index (χ0) is 12.7. The molecule has 3 saturated carbocycles. The predicted molar refractivity (Wildman–Crippen MR) is 69.8 cm³/mol. The third kappa shape index (κ3) is 2.18. The standard InChI is InChI=1S/C15H25NO2/c1-9-2-6-12(7-3-9)18-15(17)13-10-4-5-11(8-10)14(13)16/h9-14H,2-8,16H2,1H3. The molecule has 2 bridgehead atoms. The van der Waals surface area contributed by atoms with Crippen LogP contribution in [0.3, 0.4) is 0 Å².